The fourth-order valence-electron chi connectivity index (χ4n) is 5.93. The molecule has 8 rings (SSSR count). The maximum atomic E-state index is 4.63. The molecule has 0 saturated carbocycles. The highest BCUT2D eigenvalue weighted by atomic mass is 15.6. The summed E-state index contributed by atoms with van der Waals surface area (Å²) in [6.07, 6.45) is 3.25. The quantitative estimate of drug-likeness (QED) is 0.245. The van der Waals surface area contributed by atoms with Gasteiger partial charge in [0, 0.05) is 10.9 Å². The van der Waals surface area contributed by atoms with Gasteiger partial charge < -0.3 is 0 Å². The molecule has 0 bridgehead atoms. The van der Waals surface area contributed by atoms with Gasteiger partial charge >= 0.3 is 0 Å². The zero-order valence-electron chi connectivity index (χ0n) is 21.4. The lowest BCUT2D eigenvalue weighted by molar-refractivity contribution is 0.706. The van der Waals surface area contributed by atoms with Crippen LogP contribution in [0.5, 0.6) is 0 Å². The van der Waals surface area contributed by atoms with Crippen molar-refractivity contribution in [2.24, 2.45) is 26.6 Å². The van der Waals surface area contributed by atoms with Crippen LogP contribution in [0.15, 0.2) is 130 Å². The first-order chi connectivity index (χ1) is 19.2. The fraction of sp³-hybridized carbons (Fsp3) is 0.0909. The van der Waals surface area contributed by atoms with E-state index in [4.69, 9.17) is 0 Å². The van der Waals surface area contributed by atoms with Crippen LogP contribution in [0.25, 0.3) is 27.6 Å². The molecular weight excluding hydrogens is 480 g/mol. The molecule has 5 aromatic rings. The second-order valence-corrected chi connectivity index (χ2v) is 10.3. The molecule has 0 fully saturated rings. The first-order valence-electron chi connectivity index (χ1n) is 13.2. The van der Waals surface area contributed by atoms with Crippen molar-refractivity contribution >= 4 is 44.9 Å². The van der Waals surface area contributed by atoms with Crippen LogP contribution in [0.1, 0.15) is 18.1 Å². The van der Waals surface area contributed by atoms with Crippen LogP contribution < -0.4 is 10.0 Å². The molecule has 1 unspecified atom stereocenters. The number of nitrogens with zero attached hydrogens (tertiary/aromatic N) is 6. The summed E-state index contributed by atoms with van der Waals surface area (Å²) in [5.74, 6) is 0.462. The van der Waals surface area contributed by atoms with E-state index in [1.165, 1.54) is 11.1 Å². The molecule has 186 valence electrons. The summed E-state index contributed by atoms with van der Waals surface area (Å²) in [4.78, 5) is 0. The highest BCUT2D eigenvalue weighted by molar-refractivity contribution is 6.04. The molecule has 39 heavy (non-hydrogen) atoms. The molecule has 5 aromatic carbocycles. The lowest BCUT2D eigenvalue weighted by Gasteiger charge is -2.30. The van der Waals surface area contributed by atoms with E-state index in [0.29, 0.717) is 5.92 Å². The van der Waals surface area contributed by atoms with Gasteiger partial charge in [0.15, 0.2) is 0 Å². The van der Waals surface area contributed by atoms with Crippen molar-refractivity contribution in [3.05, 3.63) is 120 Å². The molecule has 2 aliphatic heterocycles. The molecule has 1 aliphatic carbocycles. The van der Waals surface area contributed by atoms with Gasteiger partial charge in [-0.3, -0.25) is 0 Å². The first-order valence-corrected chi connectivity index (χ1v) is 13.2. The summed E-state index contributed by atoms with van der Waals surface area (Å²) >= 11 is 0. The van der Waals surface area contributed by atoms with Crippen molar-refractivity contribution < 1.29 is 0 Å². The molecule has 2 heterocycles. The normalized spacial score (nSPS) is 16.8. The van der Waals surface area contributed by atoms with Gasteiger partial charge in [-0.05, 0) is 76.9 Å². The second-order valence-electron chi connectivity index (χ2n) is 10.3. The molecule has 0 aromatic heterocycles. The third-order valence-corrected chi connectivity index (χ3v) is 7.68. The van der Waals surface area contributed by atoms with E-state index in [0.717, 1.165) is 62.5 Å². The minimum atomic E-state index is 0.462. The van der Waals surface area contributed by atoms with Crippen LogP contribution in [0, 0.1) is 5.92 Å². The number of benzene rings is 5. The largest absolute Gasteiger partial charge is 0.214 e. The van der Waals surface area contributed by atoms with Gasteiger partial charge in [-0.15, -0.1) is 10.2 Å². The van der Waals surface area contributed by atoms with E-state index < -0.39 is 0 Å². The molecule has 0 N–H and O–H groups in total. The second kappa shape index (κ2) is 8.46. The van der Waals surface area contributed by atoms with Crippen molar-refractivity contribution in [1.82, 2.24) is 0 Å². The molecule has 0 radical (unpaired) electrons. The third kappa shape index (κ3) is 3.49. The van der Waals surface area contributed by atoms with Crippen LogP contribution in [-0.2, 0) is 6.42 Å². The molecule has 1 atom stereocenters. The number of allylic oxidation sites excluding steroid dienone is 1. The van der Waals surface area contributed by atoms with E-state index in [2.05, 4.69) is 125 Å². The van der Waals surface area contributed by atoms with Crippen LogP contribution in [0.4, 0.5) is 28.4 Å². The number of rotatable bonds is 3. The van der Waals surface area contributed by atoms with Crippen LogP contribution in [0.3, 0.4) is 0 Å². The Hall–Kier alpha value is -5.10. The average Bonchev–Trinajstić information content (AvgIpc) is 2.98. The number of anilines is 4. The first kappa shape index (κ1) is 21.9. The summed E-state index contributed by atoms with van der Waals surface area (Å²) < 4.78 is 0. The average molecular weight is 505 g/mol. The Morgan fingerprint density at radius 2 is 1.31 bits per heavy atom. The molecule has 6 nitrogen and oxygen atoms in total. The van der Waals surface area contributed by atoms with Crippen LogP contribution in [-0.4, -0.2) is 0 Å². The van der Waals surface area contributed by atoms with Crippen molar-refractivity contribution in [1.29, 1.82) is 0 Å². The zero-order chi connectivity index (χ0) is 25.9. The number of hydrogen-bond donors (Lipinski definition) is 0. The SMILES string of the molecule is CC1C=C2N=NN(c3cccc(-c4cccc(N5N=Nc6cccc7cccc5c67)c4)c3)c3cccc(c32)C1. The topological polar surface area (TPSA) is 55.9 Å². The molecule has 0 amide bonds. The number of hydrogen-bond acceptors (Lipinski definition) is 6. The summed E-state index contributed by atoms with van der Waals surface area (Å²) in [6, 6.07) is 35.8. The monoisotopic (exact) mass is 504 g/mol. The predicted molar refractivity (Wildman–Crippen MR) is 157 cm³/mol. The Morgan fingerprint density at radius 3 is 2.10 bits per heavy atom. The van der Waals surface area contributed by atoms with Crippen LogP contribution >= 0.6 is 0 Å². The summed E-state index contributed by atoms with van der Waals surface area (Å²) in [5, 5.41) is 24.5. The van der Waals surface area contributed by atoms with Crippen LogP contribution in [0.2, 0.25) is 0 Å². The lowest BCUT2D eigenvalue weighted by atomic mass is 9.87. The van der Waals surface area contributed by atoms with E-state index in [-0.39, 0.29) is 0 Å². The van der Waals surface area contributed by atoms with Crippen molar-refractivity contribution in [2.75, 3.05) is 10.0 Å². The van der Waals surface area contributed by atoms with Crippen molar-refractivity contribution in [2.45, 2.75) is 13.3 Å². The van der Waals surface area contributed by atoms with Gasteiger partial charge in [-0.2, -0.15) is 0 Å². The molecule has 0 saturated heterocycles. The third-order valence-electron chi connectivity index (χ3n) is 7.68. The Morgan fingerprint density at radius 1 is 0.667 bits per heavy atom. The summed E-state index contributed by atoms with van der Waals surface area (Å²) in [7, 11) is 0. The summed E-state index contributed by atoms with van der Waals surface area (Å²) in [5.41, 5.74) is 10.6. The van der Waals surface area contributed by atoms with Gasteiger partial charge in [0.25, 0.3) is 0 Å². The maximum Gasteiger partial charge on any atom is 0.0974 e. The Balaban J connectivity index is 1.18. The fourth-order valence-corrected chi connectivity index (χ4v) is 5.93. The smallest absolute Gasteiger partial charge is 0.0974 e. The van der Waals surface area contributed by atoms with E-state index >= 15 is 0 Å². The minimum absolute atomic E-state index is 0.462. The van der Waals surface area contributed by atoms with E-state index in [1.807, 2.05) is 22.2 Å². The minimum Gasteiger partial charge on any atom is -0.214 e. The van der Waals surface area contributed by atoms with Gasteiger partial charge in [0.05, 0.1) is 34.1 Å². The molecular formula is C33H24N6. The maximum absolute atomic E-state index is 4.63. The van der Waals surface area contributed by atoms with E-state index in [1.54, 1.807) is 0 Å². The molecule has 0 spiro atoms. The summed E-state index contributed by atoms with van der Waals surface area (Å²) in [6.45, 7) is 2.23. The highest BCUT2D eigenvalue weighted by Gasteiger charge is 2.27. The molecule has 6 heteroatoms. The van der Waals surface area contributed by atoms with E-state index in [9.17, 15) is 0 Å². The van der Waals surface area contributed by atoms with Gasteiger partial charge in [0.2, 0.25) is 0 Å². The standard InChI is InChI=1S/C33H24N6/c1-21-17-25-11-6-16-31-33(25)29(18-21)35-37-39(31)27-13-3-10-24(20-27)23-9-2-12-26(19-23)38-30-15-5-8-22-7-4-14-28(32(22)30)34-36-38/h2-16,18-21H,17H2,1H3. The van der Waals surface area contributed by atoms with Gasteiger partial charge in [-0.25, -0.2) is 10.0 Å². The van der Waals surface area contributed by atoms with Crippen molar-refractivity contribution in [3.8, 4) is 11.1 Å². The zero-order valence-corrected chi connectivity index (χ0v) is 21.4. The lowest BCUT2D eigenvalue weighted by Crippen LogP contribution is -2.18. The Labute approximate surface area is 226 Å². The Kier molecular flexibility index (Phi) is 4.76. The Bertz CT molecular complexity index is 1880. The molecule has 3 aliphatic rings. The van der Waals surface area contributed by atoms with Gasteiger partial charge in [-0.1, -0.05) is 84.1 Å². The van der Waals surface area contributed by atoms with Gasteiger partial charge in [0.1, 0.15) is 0 Å². The predicted octanol–water partition coefficient (Wildman–Crippen LogP) is 9.71. The highest BCUT2D eigenvalue weighted by Crippen LogP contribution is 2.45. The van der Waals surface area contributed by atoms with Crippen molar-refractivity contribution in [3.63, 3.8) is 0 Å².